The number of fused-ring (bicyclic) bond motifs is 1. The highest BCUT2D eigenvalue weighted by molar-refractivity contribution is 6.09. The molecule has 1 aromatic carbocycles. The molecule has 0 saturated carbocycles. The normalized spacial score (nSPS) is 14.2. The first kappa shape index (κ1) is 15.2. The molecule has 1 N–H and O–H groups in total. The van der Waals surface area contributed by atoms with Crippen molar-refractivity contribution in [2.45, 2.75) is 19.3 Å². The van der Waals surface area contributed by atoms with E-state index in [4.69, 9.17) is 5.26 Å². The van der Waals surface area contributed by atoms with Crippen LogP contribution in [0.5, 0.6) is 0 Å². The van der Waals surface area contributed by atoms with Crippen LogP contribution in [0.2, 0.25) is 0 Å². The second-order valence-electron chi connectivity index (χ2n) is 5.09. The van der Waals surface area contributed by atoms with Crippen LogP contribution in [-0.4, -0.2) is 21.9 Å². The summed E-state index contributed by atoms with van der Waals surface area (Å²) in [5.41, 5.74) is -1.60. The van der Waals surface area contributed by atoms with Crippen LogP contribution in [0.4, 0.5) is 13.2 Å². The quantitative estimate of drug-likeness (QED) is 0.860. The van der Waals surface area contributed by atoms with Crippen molar-refractivity contribution in [2.75, 3.05) is 6.54 Å². The molecule has 0 bridgehead atoms. The molecule has 0 aliphatic carbocycles. The van der Waals surface area contributed by atoms with Crippen LogP contribution < -0.4 is 5.32 Å². The summed E-state index contributed by atoms with van der Waals surface area (Å²) >= 11 is 0. The monoisotopic (exact) mass is 320 g/mol. The number of imidazole rings is 1. The number of hydrogen-bond acceptors (Lipinski definition) is 4. The SMILES string of the molecule is N#Cc1ccc(C(=O)c2cnc3n2CCNC3)c(C(F)(F)F)c1. The zero-order valence-electron chi connectivity index (χ0n) is 11.8. The molecule has 1 aliphatic rings. The van der Waals surface area contributed by atoms with E-state index in [1.165, 1.54) is 12.3 Å². The summed E-state index contributed by atoms with van der Waals surface area (Å²) in [6, 6.07) is 4.60. The van der Waals surface area contributed by atoms with Crippen molar-refractivity contribution in [3.63, 3.8) is 0 Å². The topological polar surface area (TPSA) is 70.7 Å². The molecule has 3 rings (SSSR count). The molecule has 0 unspecified atom stereocenters. The molecule has 1 aliphatic heterocycles. The van der Waals surface area contributed by atoms with Gasteiger partial charge in [-0.2, -0.15) is 18.4 Å². The van der Waals surface area contributed by atoms with Gasteiger partial charge in [-0.1, -0.05) is 0 Å². The summed E-state index contributed by atoms with van der Waals surface area (Å²) in [5, 5.41) is 11.8. The predicted molar refractivity (Wildman–Crippen MR) is 73.5 cm³/mol. The number of hydrogen-bond donors (Lipinski definition) is 1. The van der Waals surface area contributed by atoms with E-state index < -0.39 is 23.1 Å². The van der Waals surface area contributed by atoms with E-state index in [1.54, 1.807) is 10.6 Å². The van der Waals surface area contributed by atoms with E-state index in [0.29, 0.717) is 31.5 Å². The molecule has 118 valence electrons. The Morgan fingerprint density at radius 2 is 2.17 bits per heavy atom. The Balaban J connectivity index is 2.10. The van der Waals surface area contributed by atoms with Crippen molar-refractivity contribution in [2.24, 2.45) is 0 Å². The van der Waals surface area contributed by atoms with Crippen LogP contribution >= 0.6 is 0 Å². The third-order valence-corrected chi connectivity index (χ3v) is 3.66. The molecule has 0 atom stereocenters. The van der Waals surface area contributed by atoms with Crippen molar-refractivity contribution < 1.29 is 18.0 Å². The third kappa shape index (κ3) is 2.71. The van der Waals surface area contributed by atoms with Gasteiger partial charge in [0.2, 0.25) is 5.78 Å². The van der Waals surface area contributed by atoms with E-state index in [2.05, 4.69) is 10.3 Å². The smallest absolute Gasteiger partial charge is 0.323 e. The minimum absolute atomic E-state index is 0.122. The fraction of sp³-hybridized carbons (Fsp3) is 0.267. The number of rotatable bonds is 2. The summed E-state index contributed by atoms with van der Waals surface area (Å²) < 4.78 is 41.3. The van der Waals surface area contributed by atoms with Gasteiger partial charge in [0.15, 0.2) is 0 Å². The lowest BCUT2D eigenvalue weighted by Crippen LogP contribution is -2.30. The summed E-state index contributed by atoms with van der Waals surface area (Å²) in [7, 11) is 0. The van der Waals surface area contributed by atoms with E-state index in [1.807, 2.05) is 0 Å². The van der Waals surface area contributed by atoms with Crippen molar-refractivity contribution in [3.05, 3.63) is 52.6 Å². The van der Waals surface area contributed by atoms with Crippen LogP contribution in [0.3, 0.4) is 0 Å². The fourth-order valence-corrected chi connectivity index (χ4v) is 2.56. The highest BCUT2D eigenvalue weighted by Crippen LogP contribution is 2.33. The number of nitrogens with zero attached hydrogens (tertiary/aromatic N) is 3. The molecule has 0 spiro atoms. The van der Waals surface area contributed by atoms with Crippen LogP contribution in [0.1, 0.15) is 33.0 Å². The number of nitriles is 1. The Kier molecular flexibility index (Phi) is 3.66. The van der Waals surface area contributed by atoms with Gasteiger partial charge >= 0.3 is 6.18 Å². The number of aromatic nitrogens is 2. The van der Waals surface area contributed by atoms with Crippen molar-refractivity contribution in [1.82, 2.24) is 14.9 Å². The number of alkyl halides is 3. The third-order valence-electron chi connectivity index (χ3n) is 3.66. The molecule has 2 aromatic rings. The van der Waals surface area contributed by atoms with Crippen LogP contribution in [0, 0.1) is 11.3 Å². The van der Waals surface area contributed by atoms with E-state index in [-0.39, 0.29) is 11.3 Å². The average Bonchev–Trinajstić information content (AvgIpc) is 2.97. The van der Waals surface area contributed by atoms with Gasteiger partial charge in [0, 0.05) is 18.7 Å². The van der Waals surface area contributed by atoms with Gasteiger partial charge in [-0.25, -0.2) is 4.98 Å². The maximum Gasteiger partial charge on any atom is 0.417 e. The highest BCUT2D eigenvalue weighted by Gasteiger charge is 2.36. The molecule has 8 heteroatoms. The molecule has 2 heterocycles. The first-order valence-corrected chi connectivity index (χ1v) is 6.83. The van der Waals surface area contributed by atoms with Crippen molar-refractivity contribution in [1.29, 1.82) is 5.26 Å². The molecular formula is C15H11F3N4O. The maximum atomic E-state index is 13.2. The minimum Gasteiger partial charge on any atom is -0.323 e. The molecule has 0 amide bonds. The molecule has 0 radical (unpaired) electrons. The maximum absolute atomic E-state index is 13.2. The lowest BCUT2D eigenvalue weighted by atomic mass is 9.99. The second-order valence-corrected chi connectivity index (χ2v) is 5.09. The summed E-state index contributed by atoms with van der Waals surface area (Å²) in [4.78, 5) is 16.7. The van der Waals surface area contributed by atoms with Gasteiger partial charge < -0.3 is 9.88 Å². The van der Waals surface area contributed by atoms with Gasteiger partial charge in [-0.15, -0.1) is 0 Å². The first-order chi connectivity index (χ1) is 10.9. The van der Waals surface area contributed by atoms with Crippen LogP contribution in [-0.2, 0) is 19.3 Å². The Morgan fingerprint density at radius 3 is 2.87 bits per heavy atom. The molecule has 23 heavy (non-hydrogen) atoms. The minimum atomic E-state index is -4.72. The standard InChI is InChI=1S/C15H11F3N4O/c16-15(17,18)11-5-9(6-19)1-2-10(11)14(23)12-7-21-13-8-20-3-4-22(12)13/h1-2,5,7,20H,3-4,8H2. The fourth-order valence-electron chi connectivity index (χ4n) is 2.56. The largest absolute Gasteiger partial charge is 0.417 e. The van der Waals surface area contributed by atoms with Gasteiger partial charge in [-0.05, 0) is 18.2 Å². The van der Waals surface area contributed by atoms with Crippen molar-refractivity contribution >= 4 is 5.78 Å². The Morgan fingerprint density at radius 1 is 1.39 bits per heavy atom. The summed E-state index contributed by atoms with van der Waals surface area (Å²) in [6.45, 7) is 1.55. The Bertz CT molecular complexity index is 817. The van der Waals surface area contributed by atoms with Gasteiger partial charge in [0.25, 0.3) is 0 Å². The number of ketones is 1. The first-order valence-electron chi connectivity index (χ1n) is 6.83. The Hall–Kier alpha value is -2.66. The lowest BCUT2D eigenvalue weighted by Gasteiger charge is -2.18. The average molecular weight is 320 g/mol. The number of benzene rings is 1. The van der Waals surface area contributed by atoms with E-state index in [9.17, 15) is 18.0 Å². The summed E-state index contributed by atoms with van der Waals surface area (Å²) in [6.07, 6.45) is -3.42. The van der Waals surface area contributed by atoms with Crippen molar-refractivity contribution in [3.8, 4) is 6.07 Å². The predicted octanol–water partition coefficient (Wildman–Crippen LogP) is 2.11. The second kappa shape index (κ2) is 5.52. The highest BCUT2D eigenvalue weighted by atomic mass is 19.4. The number of nitrogens with one attached hydrogen (secondary N) is 1. The molecule has 0 fully saturated rings. The van der Waals surface area contributed by atoms with Gasteiger partial charge in [-0.3, -0.25) is 4.79 Å². The summed E-state index contributed by atoms with van der Waals surface area (Å²) in [5.74, 6) is -0.135. The molecule has 1 aromatic heterocycles. The molecular weight excluding hydrogens is 309 g/mol. The molecule has 5 nitrogen and oxygen atoms in total. The zero-order valence-corrected chi connectivity index (χ0v) is 11.8. The molecule has 0 saturated heterocycles. The Labute approximate surface area is 129 Å². The zero-order chi connectivity index (χ0) is 16.6. The van der Waals surface area contributed by atoms with Gasteiger partial charge in [0.1, 0.15) is 11.5 Å². The van der Waals surface area contributed by atoms with Crippen LogP contribution in [0.15, 0.2) is 24.4 Å². The number of halogens is 3. The number of carbonyl (C=O) groups excluding carboxylic acids is 1. The van der Waals surface area contributed by atoms with Gasteiger partial charge in [0.05, 0.1) is 29.9 Å². The van der Waals surface area contributed by atoms with E-state index >= 15 is 0 Å². The lowest BCUT2D eigenvalue weighted by molar-refractivity contribution is -0.137. The van der Waals surface area contributed by atoms with Crippen LogP contribution in [0.25, 0.3) is 0 Å². The van der Waals surface area contributed by atoms with E-state index in [0.717, 1.165) is 6.07 Å². The number of carbonyl (C=O) groups is 1.